The Morgan fingerprint density at radius 3 is 1.63 bits per heavy atom. The molecular formula is C54H35NOS. The molecule has 0 atom stereocenters. The molecule has 2 aromatic heterocycles. The van der Waals surface area contributed by atoms with Crippen LogP contribution in [-0.4, -0.2) is 0 Å². The van der Waals surface area contributed by atoms with Crippen LogP contribution in [0.2, 0.25) is 0 Å². The monoisotopic (exact) mass is 745 g/mol. The summed E-state index contributed by atoms with van der Waals surface area (Å²) < 4.78 is 9.07. The highest BCUT2D eigenvalue weighted by atomic mass is 32.1. The summed E-state index contributed by atoms with van der Waals surface area (Å²) in [6.07, 6.45) is 0. The average Bonchev–Trinajstić information content (AvgIpc) is 3.87. The highest BCUT2D eigenvalue weighted by Crippen LogP contribution is 2.47. The van der Waals surface area contributed by atoms with Gasteiger partial charge in [-0.1, -0.05) is 158 Å². The van der Waals surface area contributed by atoms with Gasteiger partial charge in [0.25, 0.3) is 0 Å². The van der Waals surface area contributed by atoms with Gasteiger partial charge in [0, 0.05) is 36.9 Å². The zero-order valence-electron chi connectivity index (χ0n) is 31.0. The lowest BCUT2D eigenvalue weighted by atomic mass is 9.96. The van der Waals surface area contributed by atoms with E-state index in [2.05, 4.69) is 211 Å². The summed E-state index contributed by atoms with van der Waals surface area (Å²) in [6.45, 7) is 0. The molecule has 0 radical (unpaired) electrons. The van der Waals surface area contributed by atoms with Crippen LogP contribution in [0.1, 0.15) is 0 Å². The first kappa shape index (κ1) is 33.2. The second-order valence-corrected chi connectivity index (χ2v) is 15.5. The Morgan fingerprint density at radius 1 is 0.351 bits per heavy atom. The lowest BCUT2D eigenvalue weighted by molar-refractivity contribution is 0.669. The van der Waals surface area contributed by atoms with Crippen LogP contribution in [-0.2, 0) is 0 Å². The van der Waals surface area contributed by atoms with Crippen molar-refractivity contribution in [3.8, 4) is 44.5 Å². The van der Waals surface area contributed by atoms with Crippen molar-refractivity contribution in [1.82, 2.24) is 0 Å². The minimum absolute atomic E-state index is 0.864. The van der Waals surface area contributed by atoms with E-state index >= 15 is 0 Å². The van der Waals surface area contributed by atoms with Gasteiger partial charge in [-0.05, 0) is 99.1 Å². The van der Waals surface area contributed by atoms with Crippen LogP contribution in [0.15, 0.2) is 217 Å². The third-order valence-electron chi connectivity index (χ3n) is 11.1. The summed E-state index contributed by atoms with van der Waals surface area (Å²) in [7, 11) is 0. The maximum Gasteiger partial charge on any atom is 0.137 e. The molecule has 0 amide bonds. The van der Waals surface area contributed by atoms with E-state index < -0.39 is 0 Å². The van der Waals surface area contributed by atoms with Gasteiger partial charge in [-0.15, -0.1) is 11.3 Å². The fourth-order valence-electron chi connectivity index (χ4n) is 8.33. The zero-order valence-corrected chi connectivity index (χ0v) is 31.8. The van der Waals surface area contributed by atoms with Crippen LogP contribution in [0.4, 0.5) is 17.1 Å². The van der Waals surface area contributed by atoms with Gasteiger partial charge in [0.15, 0.2) is 0 Å². The Hall–Kier alpha value is -7.20. The summed E-state index contributed by atoms with van der Waals surface area (Å²) in [4.78, 5) is 2.41. The summed E-state index contributed by atoms with van der Waals surface area (Å²) >= 11 is 1.87. The molecule has 0 aliphatic carbocycles. The smallest absolute Gasteiger partial charge is 0.137 e. The molecule has 268 valence electrons. The Balaban J connectivity index is 1.12. The Kier molecular flexibility index (Phi) is 8.04. The maximum atomic E-state index is 6.47. The van der Waals surface area contributed by atoms with Crippen LogP contribution in [0.3, 0.4) is 0 Å². The molecule has 2 nitrogen and oxygen atoms in total. The number of furan rings is 1. The number of rotatable bonds is 7. The quantitative estimate of drug-likeness (QED) is 0.162. The van der Waals surface area contributed by atoms with E-state index in [4.69, 9.17) is 4.42 Å². The number of hydrogen-bond donors (Lipinski definition) is 0. The first-order chi connectivity index (χ1) is 28.2. The average molecular weight is 746 g/mol. The normalized spacial score (nSPS) is 11.5. The Labute approximate surface area is 335 Å². The van der Waals surface area contributed by atoms with Gasteiger partial charge in [-0.25, -0.2) is 0 Å². The van der Waals surface area contributed by atoms with E-state index in [1.165, 1.54) is 59.1 Å². The molecule has 0 saturated heterocycles. The van der Waals surface area contributed by atoms with Gasteiger partial charge in [0.2, 0.25) is 0 Å². The minimum atomic E-state index is 0.864. The zero-order chi connectivity index (χ0) is 37.7. The van der Waals surface area contributed by atoms with Crippen molar-refractivity contribution in [2.24, 2.45) is 0 Å². The molecular weight excluding hydrogens is 711 g/mol. The molecule has 0 fully saturated rings. The van der Waals surface area contributed by atoms with Crippen molar-refractivity contribution in [3.05, 3.63) is 212 Å². The molecule has 0 saturated carbocycles. The van der Waals surface area contributed by atoms with Crippen molar-refractivity contribution in [1.29, 1.82) is 0 Å². The van der Waals surface area contributed by atoms with Crippen molar-refractivity contribution in [2.75, 3.05) is 4.90 Å². The third kappa shape index (κ3) is 5.88. The summed E-state index contributed by atoms with van der Waals surface area (Å²) in [5.41, 5.74) is 14.5. The fraction of sp³-hybridized carbons (Fsp3) is 0. The number of thiophene rings is 1. The summed E-state index contributed by atoms with van der Waals surface area (Å²) in [5, 5.41) is 4.78. The lowest BCUT2D eigenvalue weighted by Gasteiger charge is -2.28. The molecule has 0 unspecified atom stereocenters. The Morgan fingerprint density at radius 2 is 0.895 bits per heavy atom. The van der Waals surface area contributed by atoms with Gasteiger partial charge in [-0.3, -0.25) is 0 Å². The fourth-order valence-corrected chi connectivity index (χ4v) is 9.56. The topological polar surface area (TPSA) is 16.4 Å². The number of anilines is 3. The van der Waals surface area contributed by atoms with Gasteiger partial charge in [-0.2, -0.15) is 0 Å². The first-order valence-corrected chi connectivity index (χ1v) is 20.1. The second-order valence-electron chi connectivity index (χ2n) is 14.5. The number of hydrogen-bond acceptors (Lipinski definition) is 3. The number of fused-ring (bicyclic) bond motifs is 6. The van der Waals surface area contributed by atoms with E-state index in [1.54, 1.807) is 0 Å². The first-order valence-electron chi connectivity index (χ1n) is 19.3. The van der Waals surface area contributed by atoms with Crippen molar-refractivity contribution in [2.45, 2.75) is 0 Å². The molecule has 0 N–H and O–H groups in total. The highest BCUT2D eigenvalue weighted by Gasteiger charge is 2.22. The van der Waals surface area contributed by atoms with Crippen LogP contribution in [0.25, 0.3) is 86.6 Å². The van der Waals surface area contributed by atoms with Crippen LogP contribution >= 0.6 is 11.3 Å². The van der Waals surface area contributed by atoms with Crippen molar-refractivity contribution >= 4 is 70.5 Å². The van der Waals surface area contributed by atoms with E-state index in [1.807, 2.05) is 17.4 Å². The lowest BCUT2D eigenvalue weighted by Crippen LogP contribution is -2.11. The molecule has 11 rings (SSSR count). The van der Waals surface area contributed by atoms with E-state index in [0.717, 1.165) is 44.6 Å². The number of para-hydroxylation sites is 1. The van der Waals surface area contributed by atoms with Gasteiger partial charge in [0.1, 0.15) is 11.2 Å². The minimum Gasteiger partial charge on any atom is -0.456 e. The van der Waals surface area contributed by atoms with E-state index in [-0.39, 0.29) is 0 Å². The molecule has 0 aliphatic heterocycles. The largest absolute Gasteiger partial charge is 0.456 e. The SMILES string of the molecule is c1ccc(-c2ccc(-c3ccc(N(c4cc(-c5ccccc5)cc(-c5cccc6c5sc5ccccc56)c4)c4cccc5oc6ccccc6c45)cc3)cc2)cc1. The number of benzene rings is 9. The molecule has 57 heavy (non-hydrogen) atoms. The molecule has 9 aromatic carbocycles. The summed E-state index contributed by atoms with van der Waals surface area (Å²) in [6, 6.07) is 76.4. The molecule has 0 spiro atoms. The molecule has 3 heteroatoms. The van der Waals surface area contributed by atoms with Gasteiger partial charge >= 0.3 is 0 Å². The predicted octanol–water partition coefficient (Wildman–Crippen LogP) is 16.1. The second kappa shape index (κ2) is 13.8. The van der Waals surface area contributed by atoms with Crippen LogP contribution in [0, 0.1) is 0 Å². The molecule has 2 heterocycles. The van der Waals surface area contributed by atoms with Crippen LogP contribution in [0.5, 0.6) is 0 Å². The number of nitrogens with zero attached hydrogens (tertiary/aromatic N) is 1. The maximum absolute atomic E-state index is 6.47. The highest BCUT2D eigenvalue weighted by molar-refractivity contribution is 7.26. The molecule has 0 bridgehead atoms. The molecule has 0 aliphatic rings. The predicted molar refractivity (Wildman–Crippen MR) is 243 cm³/mol. The molecule has 11 aromatic rings. The van der Waals surface area contributed by atoms with Crippen molar-refractivity contribution < 1.29 is 4.42 Å². The third-order valence-corrected chi connectivity index (χ3v) is 12.3. The van der Waals surface area contributed by atoms with E-state index in [0.29, 0.717) is 0 Å². The van der Waals surface area contributed by atoms with Gasteiger partial charge < -0.3 is 9.32 Å². The van der Waals surface area contributed by atoms with Crippen molar-refractivity contribution in [3.63, 3.8) is 0 Å². The Bertz CT molecular complexity index is 3210. The van der Waals surface area contributed by atoms with Gasteiger partial charge in [0.05, 0.1) is 11.1 Å². The standard InChI is InChI=1S/C54H35NOS/c1-3-13-36(14-4-1)38-25-27-39(28-26-38)40-29-31-43(32-30-40)55(49-21-12-23-51-53(49)48-18-7-9-22-50(48)56-51)44-34-41(37-15-5-2-6-16-37)33-42(35-44)45-19-11-20-47-46-17-8-10-24-52(46)57-54(45)47/h1-35H. The van der Waals surface area contributed by atoms with E-state index in [9.17, 15) is 0 Å². The van der Waals surface area contributed by atoms with Crippen LogP contribution < -0.4 is 4.90 Å². The summed E-state index contributed by atoms with van der Waals surface area (Å²) in [5.74, 6) is 0.